The van der Waals surface area contributed by atoms with E-state index < -0.39 is 0 Å². The topological polar surface area (TPSA) is 130 Å². The third kappa shape index (κ3) is 3.24. The van der Waals surface area contributed by atoms with E-state index in [1.165, 1.54) is 0 Å². The highest BCUT2D eigenvalue weighted by Crippen LogP contribution is 1.55. The predicted molar refractivity (Wildman–Crippen MR) is 25.5 cm³/mol. The minimum Gasteiger partial charge on any atom is -0.303 e. The Bertz CT molecular complexity index is 62.4. The van der Waals surface area contributed by atoms with Crippen LogP contribution in [0.15, 0.2) is 10.4 Å². The fraction of sp³-hybridized carbons (Fsp3) is 0. The van der Waals surface area contributed by atoms with E-state index in [1.807, 2.05) is 5.53 Å². The molecule has 0 unspecified atom stereocenters. The first-order valence-corrected chi connectivity index (χ1v) is 1.68. The number of nitrogens with two attached hydrogens (primary N) is 3. The molecule has 0 aliphatic heterocycles. The molecule has 8 heteroatoms. The third-order valence-corrected chi connectivity index (χ3v) is 0.349. The van der Waals surface area contributed by atoms with Crippen molar-refractivity contribution in [1.82, 2.24) is 16.3 Å². The van der Waals surface area contributed by atoms with Crippen LogP contribution in [-0.2, 0) is 0 Å². The van der Waals surface area contributed by atoms with Gasteiger partial charge < -0.3 is 5.84 Å². The Morgan fingerprint density at radius 2 is 2.12 bits per heavy atom. The zero-order chi connectivity index (χ0) is 6.41. The average Bonchev–Trinajstić information content (AvgIpc) is 1.83. The summed E-state index contributed by atoms with van der Waals surface area (Å²) in [5.41, 5.74) is 4.08. The molecule has 0 saturated heterocycles. The molecule has 0 aromatic carbocycles. The van der Waals surface area contributed by atoms with Crippen LogP contribution in [0, 0.1) is 0 Å². The van der Waals surface area contributed by atoms with E-state index in [0.29, 0.717) is 0 Å². The quantitative estimate of drug-likeness (QED) is 0.156. The Labute approximate surface area is 45.5 Å². The van der Waals surface area contributed by atoms with Crippen molar-refractivity contribution in [2.45, 2.75) is 0 Å². The molecular formula is H8N8. The molecule has 0 heterocycles. The van der Waals surface area contributed by atoms with E-state index in [2.05, 4.69) is 21.8 Å². The van der Waals surface area contributed by atoms with Gasteiger partial charge in [-0.15, -0.1) is 0 Å². The van der Waals surface area contributed by atoms with Crippen LogP contribution >= 0.6 is 0 Å². The van der Waals surface area contributed by atoms with E-state index in [1.54, 1.807) is 0 Å². The molecule has 0 radical (unpaired) electrons. The second-order valence-electron chi connectivity index (χ2n) is 0.815. The van der Waals surface area contributed by atoms with Gasteiger partial charge in [-0.1, -0.05) is 10.5 Å². The van der Waals surface area contributed by atoms with Crippen molar-refractivity contribution in [2.24, 2.45) is 28.0 Å². The lowest BCUT2D eigenvalue weighted by atomic mass is 12.1. The molecule has 0 saturated carbocycles. The maximum Gasteiger partial charge on any atom is -0.0380 e. The van der Waals surface area contributed by atoms with Gasteiger partial charge in [-0.2, -0.15) is 11.1 Å². The lowest BCUT2D eigenvalue weighted by Crippen LogP contribution is -2.54. The first kappa shape index (κ1) is 7.04. The summed E-state index contributed by atoms with van der Waals surface area (Å²) in [6.07, 6.45) is 0. The zero-order valence-electron chi connectivity index (χ0n) is 4.07. The minimum atomic E-state index is 0.774. The molecule has 8 heavy (non-hydrogen) atoms. The zero-order valence-corrected chi connectivity index (χ0v) is 4.07. The van der Waals surface area contributed by atoms with Crippen molar-refractivity contribution in [2.75, 3.05) is 0 Å². The molecule has 0 fully saturated rings. The van der Waals surface area contributed by atoms with Gasteiger partial charge >= 0.3 is 0 Å². The van der Waals surface area contributed by atoms with Crippen molar-refractivity contribution in [3.8, 4) is 0 Å². The lowest BCUT2D eigenvalue weighted by molar-refractivity contribution is 0.113. The molecule has 0 aromatic heterocycles. The van der Waals surface area contributed by atoms with Gasteiger partial charge in [-0.05, 0) is 5.22 Å². The van der Waals surface area contributed by atoms with Gasteiger partial charge in [0.1, 0.15) is 0 Å². The van der Waals surface area contributed by atoms with Gasteiger partial charge in [0.05, 0.1) is 0 Å². The van der Waals surface area contributed by atoms with Crippen LogP contribution in [0.4, 0.5) is 0 Å². The Morgan fingerprint density at radius 3 is 2.50 bits per heavy atom. The minimum absolute atomic E-state index is 0.774. The molecule has 8 N–H and O–H groups in total. The van der Waals surface area contributed by atoms with Gasteiger partial charge in [-0.3, -0.25) is 5.84 Å². The summed E-state index contributed by atoms with van der Waals surface area (Å²) in [7, 11) is 0. The first-order chi connectivity index (χ1) is 3.81. The van der Waals surface area contributed by atoms with Crippen LogP contribution in [0.3, 0.4) is 0 Å². The smallest absolute Gasteiger partial charge is 0.0380 e. The fourth-order valence-corrected chi connectivity index (χ4v) is 0.103. The summed E-state index contributed by atoms with van der Waals surface area (Å²) in [6, 6.07) is 0. The maximum atomic E-state index is 4.94. The average molecular weight is 120 g/mol. The second-order valence-corrected chi connectivity index (χ2v) is 0.815. The van der Waals surface area contributed by atoms with Crippen molar-refractivity contribution in [1.29, 1.82) is 0 Å². The molecule has 0 aromatic rings. The number of hydrazine groups is 4. The summed E-state index contributed by atoms with van der Waals surface area (Å²) in [5, 5.41) is 6.65. The van der Waals surface area contributed by atoms with E-state index >= 15 is 0 Å². The monoisotopic (exact) mass is 120 g/mol. The van der Waals surface area contributed by atoms with Crippen LogP contribution < -0.4 is 28.6 Å². The number of nitrogens with zero attached hydrogens (tertiary/aromatic N) is 3. The molecule has 0 atom stereocenters. The van der Waals surface area contributed by atoms with Gasteiger partial charge in [0, 0.05) is 0 Å². The van der Waals surface area contributed by atoms with Crippen LogP contribution in [-0.4, -0.2) is 5.23 Å². The summed E-state index contributed by atoms with van der Waals surface area (Å²) < 4.78 is 0. The second kappa shape index (κ2) is 4.21. The van der Waals surface area contributed by atoms with Gasteiger partial charge in [0.25, 0.3) is 0 Å². The van der Waals surface area contributed by atoms with Crippen LogP contribution in [0.1, 0.15) is 0 Å². The summed E-state index contributed by atoms with van der Waals surface area (Å²) in [4.78, 5) is 0. The van der Waals surface area contributed by atoms with Gasteiger partial charge in [0.2, 0.25) is 0 Å². The van der Waals surface area contributed by atoms with E-state index in [-0.39, 0.29) is 0 Å². The normalized spacial score (nSPS) is 10.9. The summed E-state index contributed by atoms with van der Waals surface area (Å²) in [5.74, 6) is 14.3. The fourth-order valence-electron chi connectivity index (χ4n) is 0.103. The third-order valence-electron chi connectivity index (χ3n) is 0.349. The van der Waals surface area contributed by atoms with Crippen molar-refractivity contribution in [3.63, 3.8) is 0 Å². The number of hydrogen-bond donors (Lipinski definition) is 5. The van der Waals surface area contributed by atoms with Crippen molar-refractivity contribution >= 4 is 0 Å². The molecule has 0 spiro atoms. The summed E-state index contributed by atoms with van der Waals surface area (Å²) in [6.45, 7) is 0. The number of rotatable bonds is 3. The highest BCUT2D eigenvalue weighted by atomic mass is 16.0. The van der Waals surface area contributed by atoms with Crippen molar-refractivity contribution in [3.05, 3.63) is 0 Å². The Balaban J connectivity index is 3.10. The van der Waals surface area contributed by atoms with Crippen molar-refractivity contribution < 1.29 is 0 Å². The lowest BCUT2D eigenvalue weighted by Gasteiger charge is -2.09. The van der Waals surface area contributed by atoms with E-state index in [0.717, 1.165) is 5.23 Å². The standard InChI is InChI=1S/H8N8/c1-4-6-7-8(3)5-2/h5H,2-3H2,(H2,1,6)(H,4,7). The van der Waals surface area contributed by atoms with Crippen LogP contribution in [0.25, 0.3) is 0 Å². The molecular weight excluding hydrogens is 112 g/mol. The Kier molecular flexibility index (Phi) is 3.70. The first-order valence-electron chi connectivity index (χ1n) is 1.68. The van der Waals surface area contributed by atoms with E-state index in [4.69, 9.17) is 11.7 Å². The largest absolute Gasteiger partial charge is 0.303 e. The molecule has 0 rings (SSSR count). The maximum absolute atomic E-state index is 4.94. The van der Waals surface area contributed by atoms with Crippen LogP contribution in [0.5, 0.6) is 0 Å². The Hall–Kier alpha value is -0.960. The molecule has 0 aliphatic carbocycles. The molecule has 0 amide bonds. The van der Waals surface area contributed by atoms with Gasteiger partial charge in [-0.25, -0.2) is 5.84 Å². The number of hydrogen-bond acceptors (Lipinski definition) is 6. The highest BCUT2D eigenvalue weighted by Gasteiger charge is 1.83. The molecule has 48 valence electrons. The highest BCUT2D eigenvalue weighted by molar-refractivity contribution is 4.08. The molecule has 0 bridgehead atoms. The van der Waals surface area contributed by atoms with Gasteiger partial charge in [0.15, 0.2) is 0 Å². The molecule has 8 nitrogen and oxygen atoms in total. The number of nitrogens with one attached hydrogen (secondary N) is 2. The predicted octanol–water partition coefficient (Wildman–Crippen LogP) is -2.71. The Morgan fingerprint density at radius 1 is 1.50 bits per heavy atom. The van der Waals surface area contributed by atoms with Crippen LogP contribution in [0.2, 0.25) is 0 Å². The summed E-state index contributed by atoms with van der Waals surface area (Å²) >= 11 is 0. The SMILES string of the molecule is NN=NNN(N)NN. The molecule has 0 aliphatic rings. The van der Waals surface area contributed by atoms with E-state index in [9.17, 15) is 0 Å².